The Bertz CT molecular complexity index is 731. The largest absolute Gasteiger partial charge is 0.383 e. The molecule has 1 amide bonds. The van der Waals surface area contributed by atoms with Crippen molar-refractivity contribution in [2.75, 3.05) is 33.4 Å². The number of amides is 1. The fraction of sp³-hybridized carbons (Fsp3) is 0.810. The lowest BCUT2D eigenvalue weighted by Gasteiger charge is -2.55. The highest BCUT2D eigenvalue weighted by Crippen LogP contribution is 2.52. The van der Waals surface area contributed by atoms with E-state index in [2.05, 4.69) is 31.2 Å². The van der Waals surface area contributed by atoms with Crippen molar-refractivity contribution in [1.82, 2.24) is 20.0 Å². The average molecular weight is 391 g/mol. The minimum atomic E-state index is 0.0580. The molecule has 7 nitrogen and oxygen atoms in total. The monoisotopic (exact) mass is 390 g/mol. The van der Waals surface area contributed by atoms with Crippen LogP contribution < -0.4 is 5.32 Å². The number of carbonyl (C=O) groups excluding carboxylic acids is 1. The molecule has 0 radical (unpaired) electrons. The van der Waals surface area contributed by atoms with Gasteiger partial charge in [0, 0.05) is 74.8 Å². The maximum atomic E-state index is 12.8. The second-order valence-electron chi connectivity index (χ2n) is 9.25. The van der Waals surface area contributed by atoms with Crippen molar-refractivity contribution in [1.29, 1.82) is 0 Å². The number of fused-ring (bicyclic) bond motifs is 1. The van der Waals surface area contributed by atoms with Crippen LogP contribution in [0.5, 0.6) is 0 Å². The summed E-state index contributed by atoms with van der Waals surface area (Å²) in [6.45, 7) is 9.57. The Morgan fingerprint density at radius 3 is 2.89 bits per heavy atom. The summed E-state index contributed by atoms with van der Waals surface area (Å²) < 4.78 is 13.1. The SMILES string of the molecule is COCCN1C(=O)C[C@@H](CN[C@@H]2[C@H]3CCO[C@@H]3C2(C)C)[C@@H]1c1cnn(C)c1C. The Kier molecular flexibility index (Phi) is 5.27. The topological polar surface area (TPSA) is 68.6 Å². The number of nitrogens with zero attached hydrogens (tertiary/aromatic N) is 3. The zero-order chi connectivity index (χ0) is 20.1. The summed E-state index contributed by atoms with van der Waals surface area (Å²) in [7, 11) is 3.64. The predicted octanol–water partition coefficient (Wildman–Crippen LogP) is 1.67. The summed E-state index contributed by atoms with van der Waals surface area (Å²) in [5, 5.41) is 8.26. The fourth-order valence-electron chi connectivity index (χ4n) is 5.74. The average Bonchev–Trinajstić information content (AvgIpc) is 3.32. The zero-order valence-corrected chi connectivity index (χ0v) is 17.8. The Hall–Kier alpha value is -1.44. The molecule has 1 aliphatic carbocycles. The lowest BCUT2D eigenvalue weighted by Crippen LogP contribution is -2.66. The lowest BCUT2D eigenvalue weighted by molar-refractivity contribution is -0.129. The molecule has 3 fully saturated rings. The molecule has 0 aromatic carbocycles. The summed E-state index contributed by atoms with van der Waals surface area (Å²) in [6, 6.07) is 0.515. The van der Waals surface area contributed by atoms with Gasteiger partial charge in [-0.3, -0.25) is 9.48 Å². The van der Waals surface area contributed by atoms with Crippen LogP contribution in [0, 0.1) is 24.2 Å². The zero-order valence-electron chi connectivity index (χ0n) is 17.8. The summed E-state index contributed by atoms with van der Waals surface area (Å²) in [4.78, 5) is 14.8. The van der Waals surface area contributed by atoms with E-state index in [4.69, 9.17) is 9.47 Å². The number of hydrogen-bond acceptors (Lipinski definition) is 5. The molecule has 0 bridgehead atoms. The van der Waals surface area contributed by atoms with Gasteiger partial charge in [0.2, 0.25) is 5.91 Å². The predicted molar refractivity (Wildman–Crippen MR) is 106 cm³/mol. The van der Waals surface area contributed by atoms with Gasteiger partial charge in [-0.05, 0) is 13.3 Å². The van der Waals surface area contributed by atoms with Crippen LogP contribution in [0.25, 0.3) is 0 Å². The van der Waals surface area contributed by atoms with Crippen molar-refractivity contribution >= 4 is 5.91 Å². The van der Waals surface area contributed by atoms with Crippen LogP contribution in [0.15, 0.2) is 6.20 Å². The molecule has 7 heteroatoms. The Labute approximate surface area is 167 Å². The van der Waals surface area contributed by atoms with E-state index in [9.17, 15) is 4.79 Å². The number of nitrogens with one attached hydrogen (secondary N) is 1. The summed E-state index contributed by atoms with van der Waals surface area (Å²) >= 11 is 0. The van der Waals surface area contributed by atoms with Crippen molar-refractivity contribution in [3.8, 4) is 0 Å². The van der Waals surface area contributed by atoms with E-state index in [0.717, 1.165) is 30.8 Å². The third-order valence-electron chi connectivity index (χ3n) is 7.37. The van der Waals surface area contributed by atoms with E-state index < -0.39 is 0 Å². The summed E-state index contributed by atoms with van der Waals surface area (Å²) in [6.07, 6.45) is 4.03. The van der Waals surface area contributed by atoms with Crippen LogP contribution in [0.1, 0.15) is 44.0 Å². The minimum absolute atomic E-state index is 0.0580. The van der Waals surface area contributed by atoms with Crippen molar-refractivity contribution in [3.05, 3.63) is 17.5 Å². The normalized spacial score (nSPS) is 34.0. The van der Waals surface area contributed by atoms with Crippen LogP contribution in [-0.2, 0) is 21.3 Å². The van der Waals surface area contributed by atoms with Crippen LogP contribution in [0.2, 0.25) is 0 Å². The van der Waals surface area contributed by atoms with Crippen molar-refractivity contribution in [2.45, 2.75) is 51.8 Å². The highest BCUT2D eigenvalue weighted by atomic mass is 16.5. The van der Waals surface area contributed by atoms with Gasteiger partial charge in [-0.2, -0.15) is 5.10 Å². The maximum absolute atomic E-state index is 12.8. The van der Waals surface area contributed by atoms with Gasteiger partial charge in [-0.15, -0.1) is 0 Å². The number of rotatable bonds is 7. The molecule has 5 atom stereocenters. The molecule has 3 heterocycles. The quantitative estimate of drug-likeness (QED) is 0.767. The molecule has 0 spiro atoms. The van der Waals surface area contributed by atoms with Gasteiger partial charge in [-0.25, -0.2) is 0 Å². The number of aromatic nitrogens is 2. The summed E-state index contributed by atoms with van der Waals surface area (Å²) in [5.41, 5.74) is 2.44. The van der Waals surface area contributed by atoms with Gasteiger partial charge in [-0.1, -0.05) is 13.8 Å². The lowest BCUT2D eigenvalue weighted by atomic mass is 9.57. The number of methoxy groups -OCH3 is 1. The van der Waals surface area contributed by atoms with E-state index in [1.165, 1.54) is 0 Å². The fourth-order valence-corrected chi connectivity index (χ4v) is 5.74. The number of hydrogen-bond donors (Lipinski definition) is 1. The molecule has 1 aromatic heterocycles. The first kappa shape index (κ1) is 19.9. The van der Waals surface area contributed by atoms with E-state index in [0.29, 0.717) is 37.6 Å². The van der Waals surface area contributed by atoms with E-state index >= 15 is 0 Å². The molecule has 4 rings (SSSR count). The van der Waals surface area contributed by atoms with Crippen molar-refractivity contribution in [3.63, 3.8) is 0 Å². The Morgan fingerprint density at radius 1 is 1.43 bits per heavy atom. The first-order valence-electron chi connectivity index (χ1n) is 10.5. The van der Waals surface area contributed by atoms with Crippen LogP contribution in [0.3, 0.4) is 0 Å². The smallest absolute Gasteiger partial charge is 0.223 e. The van der Waals surface area contributed by atoms with E-state index in [-0.39, 0.29) is 23.3 Å². The van der Waals surface area contributed by atoms with E-state index in [1.807, 2.05) is 22.8 Å². The number of ether oxygens (including phenoxy) is 2. The van der Waals surface area contributed by atoms with Crippen molar-refractivity contribution < 1.29 is 14.3 Å². The maximum Gasteiger partial charge on any atom is 0.223 e. The molecule has 28 heavy (non-hydrogen) atoms. The molecule has 156 valence electrons. The van der Waals surface area contributed by atoms with Crippen LogP contribution in [0.4, 0.5) is 0 Å². The Morgan fingerprint density at radius 2 is 2.21 bits per heavy atom. The van der Waals surface area contributed by atoms with Gasteiger partial charge in [0.1, 0.15) is 0 Å². The molecule has 2 aliphatic heterocycles. The molecule has 2 saturated heterocycles. The van der Waals surface area contributed by atoms with Gasteiger partial charge in [0.15, 0.2) is 0 Å². The standard InChI is InChI=1S/C21H34N4O3/c1-13-16(12-23-24(13)4)18-14(10-17(26)25(18)7-9-27-5)11-22-19-15-6-8-28-20(15)21(19,2)3/h12,14-15,18-20,22H,6-11H2,1-5H3/t14-,15+,18+,19+,20-/m0/s1. The molecule has 1 aromatic rings. The molecule has 1 N–H and O–H groups in total. The van der Waals surface area contributed by atoms with Gasteiger partial charge >= 0.3 is 0 Å². The minimum Gasteiger partial charge on any atom is -0.383 e. The number of carbonyl (C=O) groups is 1. The van der Waals surface area contributed by atoms with Gasteiger partial charge < -0.3 is 19.7 Å². The third kappa shape index (κ3) is 3.08. The van der Waals surface area contributed by atoms with Crippen molar-refractivity contribution in [2.24, 2.45) is 24.3 Å². The Balaban J connectivity index is 1.51. The second kappa shape index (κ2) is 7.43. The third-order valence-corrected chi connectivity index (χ3v) is 7.37. The highest BCUT2D eigenvalue weighted by Gasteiger charge is 2.59. The van der Waals surface area contributed by atoms with Crippen LogP contribution >= 0.6 is 0 Å². The molecule has 3 aliphatic rings. The first-order valence-corrected chi connectivity index (χ1v) is 10.5. The molecular weight excluding hydrogens is 356 g/mol. The number of likely N-dealkylation sites (tertiary alicyclic amines) is 1. The molecule has 1 saturated carbocycles. The first-order chi connectivity index (χ1) is 13.4. The van der Waals surface area contributed by atoms with Gasteiger partial charge in [0.05, 0.1) is 24.9 Å². The van der Waals surface area contributed by atoms with Crippen LogP contribution in [-0.4, -0.2) is 66.1 Å². The summed E-state index contributed by atoms with van der Waals surface area (Å²) in [5.74, 6) is 1.06. The molecule has 0 unspecified atom stereocenters. The molecular formula is C21H34N4O3. The highest BCUT2D eigenvalue weighted by molar-refractivity contribution is 5.79. The van der Waals surface area contributed by atoms with Gasteiger partial charge in [0.25, 0.3) is 0 Å². The second-order valence-corrected chi connectivity index (χ2v) is 9.25. The number of aryl methyl sites for hydroxylation is 1. The van der Waals surface area contributed by atoms with E-state index in [1.54, 1.807) is 7.11 Å².